The SMILES string of the molecule is CC(N)=C(N)C#N. The van der Waals surface area contributed by atoms with Crippen LogP contribution in [0.1, 0.15) is 6.92 Å². The summed E-state index contributed by atoms with van der Waals surface area (Å²) in [5, 5.41) is 7.99. The molecule has 0 saturated heterocycles. The fourth-order valence-electron chi connectivity index (χ4n) is 0.0882. The Labute approximate surface area is 42.2 Å². The van der Waals surface area contributed by atoms with E-state index < -0.39 is 0 Å². The average molecular weight is 97.1 g/mol. The summed E-state index contributed by atoms with van der Waals surface area (Å²) in [7, 11) is 0. The van der Waals surface area contributed by atoms with E-state index in [0.29, 0.717) is 5.70 Å². The van der Waals surface area contributed by atoms with E-state index in [-0.39, 0.29) is 5.70 Å². The van der Waals surface area contributed by atoms with Crippen molar-refractivity contribution < 1.29 is 0 Å². The molecular weight excluding hydrogens is 90.1 g/mol. The Morgan fingerprint density at radius 3 is 2.00 bits per heavy atom. The standard InChI is InChI=1S/C4H7N3/c1-3(6)4(7)2-5/h6-7H2,1H3. The first-order valence-electron chi connectivity index (χ1n) is 1.80. The smallest absolute Gasteiger partial charge is 0.129 e. The van der Waals surface area contributed by atoms with E-state index in [1.807, 2.05) is 0 Å². The quantitative estimate of drug-likeness (QED) is 0.406. The van der Waals surface area contributed by atoms with Gasteiger partial charge < -0.3 is 11.5 Å². The molecule has 0 aliphatic heterocycles. The number of hydrogen-bond donors (Lipinski definition) is 2. The number of allylic oxidation sites excluding steroid dienone is 2. The lowest BCUT2D eigenvalue weighted by molar-refractivity contribution is 1.21. The van der Waals surface area contributed by atoms with Gasteiger partial charge >= 0.3 is 0 Å². The first kappa shape index (κ1) is 5.83. The summed E-state index contributed by atoms with van der Waals surface area (Å²) in [6, 6.07) is 1.70. The topological polar surface area (TPSA) is 75.8 Å². The highest BCUT2D eigenvalue weighted by Gasteiger charge is 1.84. The lowest BCUT2D eigenvalue weighted by atomic mass is 10.4. The van der Waals surface area contributed by atoms with Gasteiger partial charge in [-0.25, -0.2) is 0 Å². The van der Waals surface area contributed by atoms with Gasteiger partial charge in [-0.15, -0.1) is 0 Å². The van der Waals surface area contributed by atoms with Crippen molar-refractivity contribution in [2.75, 3.05) is 0 Å². The predicted octanol–water partition coefficient (Wildman–Crippen LogP) is -0.341. The highest BCUT2D eigenvalue weighted by molar-refractivity contribution is 5.20. The van der Waals surface area contributed by atoms with E-state index in [1.165, 1.54) is 0 Å². The molecule has 0 spiro atoms. The van der Waals surface area contributed by atoms with E-state index >= 15 is 0 Å². The van der Waals surface area contributed by atoms with Gasteiger partial charge in [0, 0.05) is 5.70 Å². The zero-order valence-electron chi connectivity index (χ0n) is 4.10. The molecule has 38 valence electrons. The zero-order valence-corrected chi connectivity index (χ0v) is 4.10. The highest BCUT2D eigenvalue weighted by atomic mass is 14.7. The zero-order chi connectivity index (χ0) is 5.86. The summed E-state index contributed by atoms with van der Waals surface area (Å²) in [5.74, 6) is 0. The molecule has 7 heavy (non-hydrogen) atoms. The lowest BCUT2D eigenvalue weighted by Crippen LogP contribution is -2.03. The molecule has 0 aromatic carbocycles. The molecule has 0 bridgehead atoms. The first-order valence-corrected chi connectivity index (χ1v) is 1.80. The summed E-state index contributed by atoms with van der Waals surface area (Å²) in [5.41, 5.74) is 10.6. The Hall–Kier alpha value is -1.17. The van der Waals surface area contributed by atoms with Crippen LogP contribution in [0.2, 0.25) is 0 Å². The van der Waals surface area contributed by atoms with Crippen LogP contribution in [0.5, 0.6) is 0 Å². The number of nitrogens with two attached hydrogens (primary N) is 2. The van der Waals surface area contributed by atoms with Crippen molar-refractivity contribution in [3.05, 3.63) is 11.4 Å². The minimum absolute atomic E-state index is 0.0972. The molecule has 0 atom stereocenters. The van der Waals surface area contributed by atoms with Gasteiger partial charge in [-0.05, 0) is 6.92 Å². The van der Waals surface area contributed by atoms with Crippen LogP contribution in [-0.4, -0.2) is 0 Å². The third-order valence-electron chi connectivity index (χ3n) is 0.545. The Morgan fingerprint density at radius 1 is 1.57 bits per heavy atom. The van der Waals surface area contributed by atoms with E-state index in [9.17, 15) is 0 Å². The van der Waals surface area contributed by atoms with Gasteiger partial charge in [-0.3, -0.25) is 0 Å². The van der Waals surface area contributed by atoms with Crippen molar-refractivity contribution in [1.82, 2.24) is 0 Å². The monoisotopic (exact) mass is 97.1 g/mol. The maximum absolute atomic E-state index is 7.99. The molecule has 0 saturated carbocycles. The van der Waals surface area contributed by atoms with E-state index in [4.69, 9.17) is 16.7 Å². The molecule has 3 heteroatoms. The summed E-state index contributed by atoms with van der Waals surface area (Å²) in [6.45, 7) is 1.58. The van der Waals surface area contributed by atoms with Crippen LogP contribution >= 0.6 is 0 Å². The normalized spacial score (nSPS) is 12.0. The van der Waals surface area contributed by atoms with Gasteiger partial charge in [0.25, 0.3) is 0 Å². The second-order valence-electron chi connectivity index (χ2n) is 1.21. The third kappa shape index (κ3) is 1.66. The molecule has 3 nitrogen and oxygen atoms in total. The summed E-state index contributed by atoms with van der Waals surface area (Å²) >= 11 is 0. The molecule has 4 N–H and O–H groups in total. The van der Waals surface area contributed by atoms with Crippen molar-refractivity contribution in [1.29, 1.82) is 5.26 Å². The molecule has 0 aliphatic carbocycles. The molecule has 0 radical (unpaired) electrons. The molecule has 0 aromatic rings. The fourth-order valence-corrected chi connectivity index (χ4v) is 0.0882. The van der Waals surface area contributed by atoms with E-state index in [1.54, 1.807) is 13.0 Å². The molecule has 0 aromatic heterocycles. The number of nitrogens with zero attached hydrogens (tertiary/aromatic N) is 1. The van der Waals surface area contributed by atoms with Crippen LogP contribution in [-0.2, 0) is 0 Å². The lowest BCUT2D eigenvalue weighted by Gasteiger charge is -1.86. The van der Waals surface area contributed by atoms with E-state index in [0.717, 1.165) is 0 Å². The summed E-state index contributed by atoms with van der Waals surface area (Å²) in [6.07, 6.45) is 0. The number of nitriles is 1. The van der Waals surface area contributed by atoms with Crippen molar-refractivity contribution in [2.24, 2.45) is 11.5 Å². The Bertz CT molecular complexity index is 124. The van der Waals surface area contributed by atoms with Crippen molar-refractivity contribution in [3.8, 4) is 6.07 Å². The maximum Gasteiger partial charge on any atom is 0.129 e. The second-order valence-corrected chi connectivity index (χ2v) is 1.21. The van der Waals surface area contributed by atoms with Gasteiger partial charge in [0.05, 0.1) is 0 Å². The molecule has 0 fully saturated rings. The molecule has 0 aliphatic rings. The molecule has 0 amide bonds. The van der Waals surface area contributed by atoms with Gasteiger partial charge in [-0.1, -0.05) is 0 Å². The second kappa shape index (κ2) is 2.08. The maximum atomic E-state index is 7.99. The van der Waals surface area contributed by atoms with Crippen molar-refractivity contribution >= 4 is 0 Å². The van der Waals surface area contributed by atoms with E-state index in [2.05, 4.69) is 0 Å². The van der Waals surface area contributed by atoms with Crippen LogP contribution in [0.3, 0.4) is 0 Å². The van der Waals surface area contributed by atoms with Crippen molar-refractivity contribution in [2.45, 2.75) is 6.92 Å². The van der Waals surface area contributed by atoms with Gasteiger partial charge in [-0.2, -0.15) is 5.26 Å². The molecule has 0 unspecified atom stereocenters. The fraction of sp³-hybridized carbons (Fsp3) is 0.250. The first-order chi connectivity index (χ1) is 3.18. The van der Waals surface area contributed by atoms with Gasteiger partial charge in [0.15, 0.2) is 0 Å². The minimum atomic E-state index is 0.0972. The molecular formula is C4H7N3. The van der Waals surface area contributed by atoms with Crippen LogP contribution in [0.25, 0.3) is 0 Å². The Morgan fingerprint density at radius 2 is 2.00 bits per heavy atom. The highest BCUT2D eigenvalue weighted by Crippen LogP contribution is 1.82. The molecule has 0 rings (SSSR count). The molecule has 0 heterocycles. The van der Waals surface area contributed by atoms with Crippen LogP contribution in [0.15, 0.2) is 11.4 Å². The average Bonchev–Trinajstić information content (AvgIpc) is 1.65. The Balaban J connectivity index is 4.07. The van der Waals surface area contributed by atoms with Crippen LogP contribution < -0.4 is 11.5 Å². The van der Waals surface area contributed by atoms with Crippen molar-refractivity contribution in [3.63, 3.8) is 0 Å². The van der Waals surface area contributed by atoms with Gasteiger partial charge in [0.1, 0.15) is 11.8 Å². The minimum Gasteiger partial charge on any atom is -0.400 e. The predicted molar refractivity (Wildman–Crippen MR) is 26.7 cm³/mol. The van der Waals surface area contributed by atoms with Crippen LogP contribution in [0, 0.1) is 11.3 Å². The van der Waals surface area contributed by atoms with Gasteiger partial charge in [0.2, 0.25) is 0 Å². The Kier molecular flexibility index (Phi) is 1.74. The number of hydrogen-bond acceptors (Lipinski definition) is 3. The van der Waals surface area contributed by atoms with Crippen LogP contribution in [0.4, 0.5) is 0 Å². The third-order valence-corrected chi connectivity index (χ3v) is 0.545. The summed E-state index contributed by atoms with van der Waals surface area (Å²) < 4.78 is 0. The summed E-state index contributed by atoms with van der Waals surface area (Å²) in [4.78, 5) is 0. The largest absolute Gasteiger partial charge is 0.400 e. The number of rotatable bonds is 0.